The zero-order valence-corrected chi connectivity index (χ0v) is 10.8. The Morgan fingerprint density at radius 2 is 2.05 bits per heavy atom. The van der Waals surface area contributed by atoms with E-state index in [2.05, 4.69) is 15.5 Å². The van der Waals surface area contributed by atoms with Crippen LogP contribution in [0.3, 0.4) is 0 Å². The van der Waals surface area contributed by atoms with Crippen molar-refractivity contribution >= 4 is 11.9 Å². The van der Waals surface area contributed by atoms with Gasteiger partial charge in [0, 0.05) is 19.0 Å². The number of hydrogen-bond donors (Lipinski definition) is 2. The molecule has 0 aromatic carbocycles. The van der Waals surface area contributed by atoms with Gasteiger partial charge in [-0.25, -0.2) is 0 Å². The van der Waals surface area contributed by atoms with Crippen LogP contribution in [0.4, 0.5) is 0 Å². The van der Waals surface area contributed by atoms with Crippen molar-refractivity contribution in [3.8, 4) is 5.88 Å². The zero-order chi connectivity index (χ0) is 14.1. The molecule has 0 bridgehead atoms. The SMILES string of the molecule is COc1ccc(C(=O)NCCCCCC(=O)O)nn1. The van der Waals surface area contributed by atoms with Gasteiger partial charge in [-0.15, -0.1) is 10.2 Å². The molecule has 0 aliphatic carbocycles. The Balaban J connectivity index is 2.21. The van der Waals surface area contributed by atoms with E-state index in [1.54, 1.807) is 6.07 Å². The number of ether oxygens (including phenoxy) is 1. The summed E-state index contributed by atoms with van der Waals surface area (Å²) in [5.41, 5.74) is 0.228. The van der Waals surface area contributed by atoms with Gasteiger partial charge in [0.05, 0.1) is 7.11 Å². The fourth-order valence-corrected chi connectivity index (χ4v) is 1.42. The molecular weight excluding hydrogens is 250 g/mol. The van der Waals surface area contributed by atoms with E-state index in [-0.39, 0.29) is 18.0 Å². The summed E-state index contributed by atoms with van der Waals surface area (Å²) in [6, 6.07) is 3.10. The molecule has 2 N–H and O–H groups in total. The molecule has 1 rings (SSSR count). The molecule has 0 radical (unpaired) electrons. The molecular formula is C12H17N3O4. The molecule has 0 unspecified atom stereocenters. The Labute approximate surface area is 111 Å². The molecule has 1 aromatic rings. The lowest BCUT2D eigenvalue weighted by atomic mass is 10.2. The van der Waals surface area contributed by atoms with Crippen LogP contribution in [0, 0.1) is 0 Å². The van der Waals surface area contributed by atoms with Crippen LogP contribution in [0.5, 0.6) is 5.88 Å². The summed E-state index contributed by atoms with van der Waals surface area (Å²) in [5, 5.41) is 18.6. The Morgan fingerprint density at radius 1 is 1.26 bits per heavy atom. The molecule has 0 atom stereocenters. The summed E-state index contributed by atoms with van der Waals surface area (Å²) < 4.78 is 4.84. The average Bonchev–Trinajstić information content (AvgIpc) is 2.42. The molecule has 0 saturated heterocycles. The minimum Gasteiger partial charge on any atom is -0.481 e. The Bertz CT molecular complexity index is 419. The first-order chi connectivity index (χ1) is 9.13. The molecule has 1 aromatic heterocycles. The first-order valence-electron chi connectivity index (χ1n) is 6.01. The summed E-state index contributed by atoms with van der Waals surface area (Å²) in [6.45, 7) is 0.492. The van der Waals surface area contributed by atoms with Crippen molar-refractivity contribution in [2.24, 2.45) is 0 Å². The van der Waals surface area contributed by atoms with Crippen LogP contribution in [-0.2, 0) is 4.79 Å². The van der Waals surface area contributed by atoms with Gasteiger partial charge in [0.2, 0.25) is 5.88 Å². The summed E-state index contributed by atoms with van der Waals surface area (Å²) in [4.78, 5) is 21.9. The van der Waals surface area contributed by atoms with Gasteiger partial charge in [-0.3, -0.25) is 9.59 Å². The van der Waals surface area contributed by atoms with E-state index < -0.39 is 5.97 Å². The number of carbonyl (C=O) groups excluding carboxylic acids is 1. The van der Waals surface area contributed by atoms with Crippen molar-refractivity contribution in [1.29, 1.82) is 0 Å². The number of methoxy groups -OCH3 is 1. The molecule has 1 amide bonds. The maximum atomic E-state index is 11.6. The fourth-order valence-electron chi connectivity index (χ4n) is 1.42. The predicted molar refractivity (Wildman–Crippen MR) is 67.0 cm³/mol. The number of carbonyl (C=O) groups is 2. The number of hydrogen-bond acceptors (Lipinski definition) is 5. The lowest BCUT2D eigenvalue weighted by Gasteiger charge is -2.04. The van der Waals surface area contributed by atoms with Gasteiger partial charge >= 0.3 is 5.97 Å². The van der Waals surface area contributed by atoms with Gasteiger partial charge in [-0.1, -0.05) is 6.42 Å². The number of nitrogens with zero attached hydrogens (tertiary/aromatic N) is 2. The lowest BCUT2D eigenvalue weighted by Crippen LogP contribution is -2.25. The smallest absolute Gasteiger partial charge is 0.303 e. The second kappa shape index (κ2) is 8.02. The van der Waals surface area contributed by atoms with Crippen LogP contribution in [0.2, 0.25) is 0 Å². The minimum atomic E-state index is -0.794. The van der Waals surface area contributed by atoms with E-state index >= 15 is 0 Å². The fraction of sp³-hybridized carbons (Fsp3) is 0.500. The third-order valence-electron chi connectivity index (χ3n) is 2.43. The molecule has 0 aliphatic heterocycles. The molecule has 7 nitrogen and oxygen atoms in total. The first-order valence-corrected chi connectivity index (χ1v) is 6.01. The topological polar surface area (TPSA) is 101 Å². The van der Waals surface area contributed by atoms with Gasteiger partial charge in [-0.05, 0) is 18.9 Å². The van der Waals surface area contributed by atoms with Crippen LogP contribution in [-0.4, -0.2) is 40.8 Å². The number of nitrogens with one attached hydrogen (secondary N) is 1. The maximum absolute atomic E-state index is 11.6. The summed E-state index contributed by atoms with van der Waals surface area (Å²) in [6.07, 6.45) is 2.29. The minimum absolute atomic E-state index is 0.165. The highest BCUT2D eigenvalue weighted by molar-refractivity contribution is 5.92. The molecule has 0 saturated carbocycles. The monoisotopic (exact) mass is 267 g/mol. The van der Waals surface area contributed by atoms with Crippen molar-refractivity contribution in [3.05, 3.63) is 17.8 Å². The van der Waals surface area contributed by atoms with Gasteiger partial charge in [-0.2, -0.15) is 0 Å². The van der Waals surface area contributed by atoms with E-state index in [1.807, 2.05) is 0 Å². The average molecular weight is 267 g/mol. The van der Waals surface area contributed by atoms with Gasteiger partial charge in [0.15, 0.2) is 5.69 Å². The van der Waals surface area contributed by atoms with Crippen molar-refractivity contribution in [1.82, 2.24) is 15.5 Å². The molecule has 104 valence electrons. The van der Waals surface area contributed by atoms with Crippen LogP contribution in [0.25, 0.3) is 0 Å². The highest BCUT2D eigenvalue weighted by Gasteiger charge is 2.07. The predicted octanol–water partition coefficient (Wildman–Crippen LogP) is 0.860. The number of carboxylic acids is 1. The van der Waals surface area contributed by atoms with Crippen LogP contribution in [0.15, 0.2) is 12.1 Å². The standard InChI is InChI=1S/C12H17N3O4/c1-19-10-7-6-9(14-15-10)12(18)13-8-4-2-3-5-11(16)17/h6-7H,2-5,8H2,1H3,(H,13,18)(H,16,17). The highest BCUT2D eigenvalue weighted by Crippen LogP contribution is 2.03. The Hall–Kier alpha value is -2.18. The third-order valence-corrected chi connectivity index (χ3v) is 2.43. The number of rotatable bonds is 8. The zero-order valence-electron chi connectivity index (χ0n) is 10.8. The van der Waals surface area contributed by atoms with E-state index in [1.165, 1.54) is 13.2 Å². The van der Waals surface area contributed by atoms with E-state index in [0.29, 0.717) is 18.8 Å². The Morgan fingerprint density at radius 3 is 2.63 bits per heavy atom. The molecule has 1 heterocycles. The highest BCUT2D eigenvalue weighted by atomic mass is 16.5. The largest absolute Gasteiger partial charge is 0.481 e. The van der Waals surface area contributed by atoms with Gasteiger partial charge in [0.25, 0.3) is 5.91 Å². The van der Waals surface area contributed by atoms with Crippen molar-refractivity contribution in [3.63, 3.8) is 0 Å². The van der Waals surface area contributed by atoms with Crippen molar-refractivity contribution in [2.75, 3.05) is 13.7 Å². The normalized spacial score (nSPS) is 9.95. The van der Waals surface area contributed by atoms with Gasteiger partial charge < -0.3 is 15.2 Å². The first kappa shape index (κ1) is 14.9. The van der Waals surface area contributed by atoms with E-state index in [9.17, 15) is 9.59 Å². The molecule has 0 fully saturated rings. The van der Waals surface area contributed by atoms with E-state index in [4.69, 9.17) is 9.84 Å². The molecule has 7 heteroatoms. The summed E-state index contributed by atoms with van der Waals surface area (Å²) in [7, 11) is 1.47. The second-order valence-corrected chi connectivity index (χ2v) is 3.92. The second-order valence-electron chi connectivity index (χ2n) is 3.92. The quantitative estimate of drug-likeness (QED) is 0.677. The maximum Gasteiger partial charge on any atom is 0.303 e. The summed E-state index contributed by atoms with van der Waals surface area (Å²) >= 11 is 0. The lowest BCUT2D eigenvalue weighted by molar-refractivity contribution is -0.137. The number of carboxylic acid groups (broad SMARTS) is 1. The number of aliphatic carboxylic acids is 1. The van der Waals surface area contributed by atoms with Crippen LogP contribution in [0.1, 0.15) is 36.2 Å². The van der Waals surface area contributed by atoms with Crippen LogP contribution < -0.4 is 10.1 Å². The number of aromatic nitrogens is 2. The number of amides is 1. The van der Waals surface area contributed by atoms with Gasteiger partial charge in [0.1, 0.15) is 0 Å². The van der Waals surface area contributed by atoms with Crippen molar-refractivity contribution < 1.29 is 19.4 Å². The molecule has 19 heavy (non-hydrogen) atoms. The number of unbranched alkanes of at least 4 members (excludes halogenated alkanes) is 2. The van der Waals surface area contributed by atoms with Crippen molar-refractivity contribution in [2.45, 2.75) is 25.7 Å². The van der Waals surface area contributed by atoms with E-state index in [0.717, 1.165) is 12.8 Å². The third kappa shape index (κ3) is 5.80. The molecule has 0 spiro atoms. The molecule has 0 aliphatic rings. The Kier molecular flexibility index (Phi) is 6.28. The van der Waals surface area contributed by atoms with Crippen LogP contribution >= 0.6 is 0 Å². The summed E-state index contributed by atoms with van der Waals surface area (Å²) in [5.74, 6) is -0.740.